The molecule has 2 saturated carbocycles. The van der Waals surface area contributed by atoms with E-state index in [1.54, 1.807) is 11.3 Å². The second kappa shape index (κ2) is 3.79. The van der Waals surface area contributed by atoms with Crippen molar-refractivity contribution in [2.75, 3.05) is 0 Å². The molecular formula is C14H22N2S. The molecule has 0 radical (unpaired) electrons. The Hall–Kier alpha value is -0.410. The molecule has 1 N–H and O–H groups in total. The second-order valence-corrected chi connectivity index (χ2v) is 7.43. The van der Waals surface area contributed by atoms with Gasteiger partial charge in [-0.15, -0.1) is 11.3 Å². The number of aromatic nitrogens is 1. The van der Waals surface area contributed by atoms with Crippen molar-refractivity contribution in [1.29, 1.82) is 0 Å². The van der Waals surface area contributed by atoms with Crippen molar-refractivity contribution in [1.82, 2.24) is 10.3 Å². The molecule has 0 spiro atoms. The average Bonchev–Trinajstić information content (AvgIpc) is 2.90. The highest BCUT2D eigenvalue weighted by molar-refractivity contribution is 7.07. The standard InChI is InChI=1S/C14H22N2S/c1-13(2)10-4-5-14(3,6-10)12(13)15-7-11-8-17-9-16-11/h8-10,12,15H,4-7H2,1-3H3/t10-,12?,14+/m0/s1. The van der Waals surface area contributed by atoms with Gasteiger partial charge in [0.25, 0.3) is 0 Å². The molecule has 2 bridgehead atoms. The summed E-state index contributed by atoms with van der Waals surface area (Å²) in [5, 5.41) is 5.94. The molecule has 1 unspecified atom stereocenters. The Morgan fingerprint density at radius 3 is 2.88 bits per heavy atom. The van der Waals surface area contributed by atoms with E-state index in [0.29, 0.717) is 16.9 Å². The Kier molecular flexibility index (Phi) is 2.60. The minimum atomic E-state index is 0.447. The number of nitrogens with zero attached hydrogens (tertiary/aromatic N) is 1. The molecule has 0 saturated heterocycles. The number of thiazole rings is 1. The van der Waals surface area contributed by atoms with Crippen molar-refractivity contribution < 1.29 is 0 Å². The number of hydrogen-bond donors (Lipinski definition) is 1. The van der Waals surface area contributed by atoms with Gasteiger partial charge in [0.05, 0.1) is 11.2 Å². The van der Waals surface area contributed by atoms with Crippen LogP contribution in [0.5, 0.6) is 0 Å². The first-order chi connectivity index (χ1) is 8.02. The summed E-state index contributed by atoms with van der Waals surface area (Å²) < 4.78 is 0. The minimum absolute atomic E-state index is 0.447. The van der Waals surface area contributed by atoms with Gasteiger partial charge >= 0.3 is 0 Å². The molecule has 3 atom stereocenters. The first-order valence-electron chi connectivity index (χ1n) is 6.63. The van der Waals surface area contributed by atoms with Crippen LogP contribution in [0.4, 0.5) is 0 Å². The van der Waals surface area contributed by atoms with Crippen LogP contribution in [-0.4, -0.2) is 11.0 Å². The van der Waals surface area contributed by atoms with Gasteiger partial charge in [0.15, 0.2) is 0 Å². The maximum absolute atomic E-state index is 4.37. The van der Waals surface area contributed by atoms with Crippen LogP contribution in [0.25, 0.3) is 0 Å². The fourth-order valence-electron chi connectivity index (χ4n) is 4.34. The zero-order valence-corrected chi connectivity index (χ0v) is 11.8. The normalized spacial score (nSPS) is 38.8. The van der Waals surface area contributed by atoms with Crippen molar-refractivity contribution in [3.05, 3.63) is 16.6 Å². The van der Waals surface area contributed by atoms with Crippen LogP contribution in [0.2, 0.25) is 0 Å². The highest BCUT2D eigenvalue weighted by atomic mass is 32.1. The van der Waals surface area contributed by atoms with Crippen LogP contribution in [-0.2, 0) is 6.54 Å². The summed E-state index contributed by atoms with van der Waals surface area (Å²) in [5.41, 5.74) is 4.08. The van der Waals surface area contributed by atoms with Crippen molar-refractivity contribution in [3.63, 3.8) is 0 Å². The summed E-state index contributed by atoms with van der Waals surface area (Å²) in [7, 11) is 0. The highest BCUT2D eigenvalue weighted by Crippen LogP contribution is 2.62. The first-order valence-corrected chi connectivity index (χ1v) is 7.57. The summed E-state index contributed by atoms with van der Waals surface area (Å²) in [4.78, 5) is 4.37. The van der Waals surface area contributed by atoms with Gasteiger partial charge in [-0.2, -0.15) is 0 Å². The van der Waals surface area contributed by atoms with Gasteiger partial charge in [0, 0.05) is 18.0 Å². The van der Waals surface area contributed by atoms with Crippen LogP contribution in [0, 0.1) is 16.7 Å². The van der Waals surface area contributed by atoms with Gasteiger partial charge < -0.3 is 5.32 Å². The molecule has 0 aromatic carbocycles. The number of hydrogen-bond acceptors (Lipinski definition) is 3. The highest BCUT2D eigenvalue weighted by Gasteiger charge is 2.58. The maximum Gasteiger partial charge on any atom is 0.0795 e. The van der Waals surface area contributed by atoms with Gasteiger partial charge in [-0.1, -0.05) is 20.8 Å². The predicted molar refractivity (Wildman–Crippen MR) is 72.0 cm³/mol. The second-order valence-electron chi connectivity index (χ2n) is 6.71. The lowest BCUT2D eigenvalue weighted by atomic mass is 9.68. The quantitative estimate of drug-likeness (QED) is 0.889. The number of fused-ring (bicyclic) bond motifs is 2. The average molecular weight is 250 g/mol. The van der Waals surface area contributed by atoms with E-state index >= 15 is 0 Å². The molecule has 2 fully saturated rings. The third kappa shape index (κ3) is 1.75. The topological polar surface area (TPSA) is 24.9 Å². The molecule has 0 aliphatic heterocycles. The molecule has 1 aromatic heterocycles. The Labute approximate surface area is 108 Å². The molecule has 17 heavy (non-hydrogen) atoms. The zero-order chi connectivity index (χ0) is 12.1. The largest absolute Gasteiger partial charge is 0.307 e. The lowest BCUT2D eigenvalue weighted by molar-refractivity contribution is 0.108. The molecule has 0 amide bonds. The van der Waals surface area contributed by atoms with Gasteiger partial charge in [0.2, 0.25) is 0 Å². The van der Waals surface area contributed by atoms with Crippen molar-refractivity contribution in [2.24, 2.45) is 16.7 Å². The summed E-state index contributed by atoms with van der Waals surface area (Å²) >= 11 is 1.69. The van der Waals surface area contributed by atoms with E-state index in [9.17, 15) is 0 Å². The fraction of sp³-hybridized carbons (Fsp3) is 0.786. The Balaban J connectivity index is 1.74. The van der Waals surface area contributed by atoms with Crippen LogP contribution in [0.3, 0.4) is 0 Å². The summed E-state index contributed by atoms with van der Waals surface area (Å²) in [5.74, 6) is 0.917. The summed E-state index contributed by atoms with van der Waals surface area (Å²) in [6, 6.07) is 0.649. The van der Waals surface area contributed by atoms with Crippen LogP contribution < -0.4 is 5.32 Å². The van der Waals surface area contributed by atoms with Crippen LogP contribution in [0.15, 0.2) is 10.9 Å². The van der Waals surface area contributed by atoms with Gasteiger partial charge in [-0.25, -0.2) is 4.98 Å². The van der Waals surface area contributed by atoms with E-state index in [1.807, 2.05) is 5.51 Å². The lowest BCUT2D eigenvalue weighted by Gasteiger charge is -2.43. The maximum atomic E-state index is 4.37. The molecule has 2 aliphatic carbocycles. The van der Waals surface area contributed by atoms with Gasteiger partial charge in [-0.3, -0.25) is 0 Å². The van der Waals surface area contributed by atoms with E-state index in [-0.39, 0.29) is 0 Å². The van der Waals surface area contributed by atoms with Crippen LogP contribution >= 0.6 is 11.3 Å². The third-order valence-electron chi connectivity index (χ3n) is 5.24. The Bertz CT molecular complexity index is 394. The van der Waals surface area contributed by atoms with Gasteiger partial charge in [-0.05, 0) is 36.0 Å². The Morgan fingerprint density at radius 1 is 1.47 bits per heavy atom. The Morgan fingerprint density at radius 2 is 2.29 bits per heavy atom. The molecule has 94 valence electrons. The monoisotopic (exact) mass is 250 g/mol. The first kappa shape index (κ1) is 11.7. The molecule has 2 nitrogen and oxygen atoms in total. The molecule has 3 heteroatoms. The smallest absolute Gasteiger partial charge is 0.0795 e. The summed E-state index contributed by atoms with van der Waals surface area (Å²) in [6.07, 6.45) is 4.24. The SMILES string of the molecule is CC1(C)C(NCc2cscn2)[C@]2(C)CC[C@H]1C2. The van der Waals surface area contributed by atoms with E-state index in [4.69, 9.17) is 0 Å². The van der Waals surface area contributed by atoms with E-state index in [1.165, 1.54) is 25.0 Å². The zero-order valence-electron chi connectivity index (χ0n) is 11.0. The van der Waals surface area contributed by atoms with Crippen LogP contribution in [0.1, 0.15) is 45.7 Å². The molecule has 1 aromatic rings. The van der Waals surface area contributed by atoms with Crippen molar-refractivity contribution in [2.45, 2.75) is 52.6 Å². The lowest BCUT2D eigenvalue weighted by Crippen LogP contribution is -2.49. The van der Waals surface area contributed by atoms with Gasteiger partial charge in [0.1, 0.15) is 0 Å². The summed E-state index contributed by atoms with van der Waals surface area (Å²) in [6.45, 7) is 8.29. The van der Waals surface area contributed by atoms with Crippen molar-refractivity contribution >= 4 is 11.3 Å². The molecule has 1 heterocycles. The molecule has 2 aliphatic rings. The molecule has 3 rings (SSSR count). The fourth-order valence-corrected chi connectivity index (χ4v) is 4.90. The van der Waals surface area contributed by atoms with E-state index < -0.39 is 0 Å². The van der Waals surface area contributed by atoms with E-state index in [2.05, 4.69) is 36.5 Å². The number of nitrogens with one attached hydrogen (secondary N) is 1. The number of rotatable bonds is 3. The van der Waals surface area contributed by atoms with E-state index in [0.717, 1.165) is 12.5 Å². The van der Waals surface area contributed by atoms with Crippen molar-refractivity contribution in [3.8, 4) is 0 Å². The third-order valence-corrected chi connectivity index (χ3v) is 5.88. The minimum Gasteiger partial charge on any atom is -0.307 e. The predicted octanol–water partition coefficient (Wildman–Crippen LogP) is 3.45. The molecular weight excluding hydrogens is 228 g/mol.